The molecule has 0 aliphatic heterocycles. The van der Waals surface area contributed by atoms with E-state index in [2.05, 4.69) is 120 Å². The summed E-state index contributed by atoms with van der Waals surface area (Å²) in [7, 11) is 0. The van der Waals surface area contributed by atoms with Gasteiger partial charge in [0.1, 0.15) is 0 Å². The fourth-order valence-electron chi connectivity index (χ4n) is 7.00. The Morgan fingerprint density at radius 3 is 2.03 bits per heavy atom. The summed E-state index contributed by atoms with van der Waals surface area (Å²) in [5.74, 6) is 0. The number of hydrogen-bond donors (Lipinski definition) is 0. The van der Waals surface area contributed by atoms with Gasteiger partial charge < -0.3 is 0 Å². The standard InChI is InChI=1S/C36H19NSSe/c1-2-9-21-20(8-1)22-10-3-5-13-27(22)37-28-18-16-25-23-11-4-6-15-31(23)39-36(25)32(28)26-17-19-30-34(35(26)37)33-24(21)12-7-14-29(33)38-30/h1-19H. The summed E-state index contributed by atoms with van der Waals surface area (Å²) in [6, 6.07) is 43.3. The number of benzene rings is 6. The second-order valence-electron chi connectivity index (χ2n) is 10.4. The Hall–Kier alpha value is -4.14. The van der Waals surface area contributed by atoms with Crippen LogP contribution in [0.25, 0.3) is 88.3 Å². The third-order valence-corrected chi connectivity index (χ3v) is 12.2. The van der Waals surface area contributed by atoms with E-state index < -0.39 is 0 Å². The fourth-order valence-corrected chi connectivity index (χ4v) is 10.8. The first-order valence-corrected chi connectivity index (χ1v) is 15.8. The third kappa shape index (κ3) is 2.52. The van der Waals surface area contributed by atoms with Crippen LogP contribution in [0.1, 0.15) is 0 Å². The van der Waals surface area contributed by atoms with Crippen LogP contribution < -0.4 is 0 Å². The molecule has 4 heterocycles. The molecule has 39 heavy (non-hydrogen) atoms. The maximum absolute atomic E-state index is 2.59. The van der Waals surface area contributed by atoms with E-state index >= 15 is 0 Å². The van der Waals surface area contributed by atoms with Crippen molar-refractivity contribution in [2.75, 3.05) is 0 Å². The molecule has 0 saturated heterocycles. The molecule has 0 unspecified atom stereocenters. The fraction of sp³-hybridized carbons (Fsp3) is 0. The molecule has 0 radical (unpaired) electrons. The molecule has 0 saturated carbocycles. The van der Waals surface area contributed by atoms with Crippen LogP contribution in [0.4, 0.5) is 0 Å². The van der Waals surface area contributed by atoms with E-state index in [1.807, 2.05) is 11.3 Å². The summed E-state index contributed by atoms with van der Waals surface area (Å²) >= 11 is 2.20. The van der Waals surface area contributed by atoms with Crippen molar-refractivity contribution in [1.29, 1.82) is 0 Å². The molecule has 10 aromatic rings. The van der Waals surface area contributed by atoms with Gasteiger partial charge in [-0.05, 0) is 0 Å². The first-order chi connectivity index (χ1) is 19.4. The van der Waals surface area contributed by atoms with E-state index in [9.17, 15) is 0 Å². The molecular weight excluding hydrogens is 557 g/mol. The van der Waals surface area contributed by atoms with Gasteiger partial charge in [-0.15, -0.1) is 0 Å². The molecule has 6 aromatic carbocycles. The second kappa shape index (κ2) is 7.28. The van der Waals surface area contributed by atoms with Gasteiger partial charge in [-0.25, -0.2) is 0 Å². The van der Waals surface area contributed by atoms with Crippen molar-refractivity contribution in [1.82, 2.24) is 4.40 Å². The summed E-state index contributed by atoms with van der Waals surface area (Å²) in [5.41, 5.74) is 3.92. The minimum absolute atomic E-state index is 0.282. The molecule has 0 atom stereocenters. The van der Waals surface area contributed by atoms with Gasteiger partial charge in [0.25, 0.3) is 0 Å². The van der Waals surface area contributed by atoms with Gasteiger partial charge in [-0.3, -0.25) is 0 Å². The zero-order valence-corrected chi connectivity index (χ0v) is 23.3. The Balaban J connectivity index is 1.66. The van der Waals surface area contributed by atoms with Crippen LogP contribution in [-0.2, 0) is 0 Å². The second-order valence-corrected chi connectivity index (χ2v) is 13.7. The first kappa shape index (κ1) is 20.8. The van der Waals surface area contributed by atoms with Gasteiger partial charge in [0.15, 0.2) is 0 Å². The van der Waals surface area contributed by atoms with Crippen molar-refractivity contribution in [2.24, 2.45) is 0 Å². The molecule has 0 amide bonds. The van der Waals surface area contributed by atoms with Crippen molar-refractivity contribution in [3.63, 3.8) is 0 Å². The minimum atomic E-state index is 0.282. The number of aromatic nitrogens is 1. The van der Waals surface area contributed by atoms with Crippen LogP contribution in [-0.4, -0.2) is 18.9 Å². The molecule has 4 aromatic heterocycles. The van der Waals surface area contributed by atoms with E-state index in [0.29, 0.717) is 0 Å². The Morgan fingerprint density at radius 1 is 0.436 bits per heavy atom. The van der Waals surface area contributed by atoms with Crippen LogP contribution >= 0.6 is 11.3 Å². The van der Waals surface area contributed by atoms with Gasteiger partial charge >= 0.3 is 234 Å². The Kier molecular flexibility index (Phi) is 3.88. The topological polar surface area (TPSA) is 4.41 Å². The van der Waals surface area contributed by atoms with E-state index in [1.165, 1.54) is 88.3 Å². The average molecular weight is 577 g/mol. The quantitative estimate of drug-likeness (QED) is 0.158. The summed E-state index contributed by atoms with van der Waals surface area (Å²) in [6.45, 7) is 0. The van der Waals surface area contributed by atoms with Crippen molar-refractivity contribution in [3.8, 4) is 0 Å². The van der Waals surface area contributed by atoms with Crippen molar-refractivity contribution < 1.29 is 0 Å². The SMILES string of the molecule is c1ccc2c(c1)[se]c1c2ccc2c1c1ccc3sc4cccc5c6ccccc6c6ccccc6n2c1c3c45. The summed E-state index contributed by atoms with van der Waals surface area (Å²) in [6.07, 6.45) is 0. The van der Waals surface area contributed by atoms with Crippen molar-refractivity contribution >= 4 is 114 Å². The average Bonchev–Trinajstić information content (AvgIpc) is 3.66. The Labute approximate surface area is 232 Å². The van der Waals surface area contributed by atoms with Crippen molar-refractivity contribution in [3.05, 3.63) is 115 Å². The molecule has 0 aliphatic rings. The number of rotatable bonds is 0. The predicted octanol–water partition coefficient (Wildman–Crippen LogP) is 10.3. The Morgan fingerprint density at radius 2 is 1.13 bits per heavy atom. The molecule has 3 heteroatoms. The number of nitrogens with zero attached hydrogens (tertiary/aromatic N) is 1. The van der Waals surface area contributed by atoms with E-state index in [4.69, 9.17) is 0 Å². The molecule has 0 spiro atoms. The first-order valence-electron chi connectivity index (χ1n) is 13.3. The normalized spacial score (nSPS) is 12.6. The van der Waals surface area contributed by atoms with Crippen LogP contribution in [0.15, 0.2) is 115 Å². The van der Waals surface area contributed by atoms with Crippen LogP contribution in [0, 0.1) is 0 Å². The molecule has 0 aliphatic carbocycles. The van der Waals surface area contributed by atoms with E-state index in [-0.39, 0.29) is 14.5 Å². The molecule has 180 valence electrons. The van der Waals surface area contributed by atoms with Crippen LogP contribution in [0.2, 0.25) is 0 Å². The van der Waals surface area contributed by atoms with Crippen LogP contribution in [0.5, 0.6) is 0 Å². The van der Waals surface area contributed by atoms with Gasteiger partial charge in [-0.1, -0.05) is 0 Å². The molecule has 10 rings (SSSR count). The molecule has 0 fully saturated rings. The van der Waals surface area contributed by atoms with Crippen LogP contribution in [0.3, 0.4) is 0 Å². The zero-order chi connectivity index (χ0) is 25.2. The Bertz CT molecular complexity index is 2650. The summed E-state index contributed by atoms with van der Waals surface area (Å²) < 4.78 is 8.32. The number of hydrogen-bond acceptors (Lipinski definition) is 1. The third-order valence-electron chi connectivity index (χ3n) is 8.55. The van der Waals surface area contributed by atoms with Gasteiger partial charge in [0.2, 0.25) is 0 Å². The molecular formula is C36H19NSSe. The monoisotopic (exact) mass is 577 g/mol. The summed E-state index contributed by atoms with van der Waals surface area (Å²) in [4.78, 5) is 0. The predicted molar refractivity (Wildman–Crippen MR) is 172 cm³/mol. The molecule has 0 N–H and O–H groups in total. The van der Waals surface area contributed by atoms with Gasteiger partial charge in [-0.2, -0.15) is 0 Å². The van der Waals surface area contributed by atoms with Gasteiger partial charge in [0.05, 0.1) is 0 Å². The number of para-hydroxylation sites is 1. The zero-order valence-electron chi connectivity index (χ0n) is 20.7. The number of thiophene rings is 1. The maximum atomic E-state index is 2.59. The molecule has 0 bridgehead atoms. The summed E-state index contributed by atoms with van der Waals surface area (Å²) in [5, 5.41) is 13.6. The van der Waals surface area contributed by atoms with E-state index in [1.54, 1.807) is 0 Å². The van der Waals surface area contributed by atoms with Crippen molar-refractivity contribution in [2.45, 2.75) is 0 Å². The van der Waals surface area contributed by atoms with E-state index in [0.717, 1.165) is 0 Å². The van der Waals surface area contributed by atoms with Gasteiger partial charge in [0, 0.05) is 0 Å². The number of fused-ring (bicyclic) bond motifs is 12. The molecule has 1 nitrogen and oxygen atoms in total.